The summed E-state index contributed by atoms with van der Waals surface area (Å²) in [6, 6.07) is 0. The lowest BCUT2D eigenvalue weighted by molar-refractivity contribution is 0.368. The Hall–Kier alpha value is -0.520. The van der Waals surface area contributed by atoms with Crippen LogP contribution in [-0.2, 0) is 0 Å². The van der Waals surface area contributed by atoms with Gasteiger partial charge in [-0.15, -0.1) is 6.58 Å². The summed E-state index contributed by atoms with van der Waals surface area (Å²) in [7, 11) is 0. The molecule has 0 aromatic carbocycles. The van der Waals surface area contributed by atoms with E-state index in [1.165, 1.54) is 32.1 Å². The lowest BCUT2D eigenvalue weighted by Gasteiger charge is -2.30. The van der Waals surface area contributed by atoms with Gasteiger partial charge in [-0.1, -0.05) is 30.6 Å². The van der Waals surface area contributed by atoms with Crippen LogP contribution in [0.4, 0.5) is 0 Å². The third-order valence-corrected chi connectivity index (χ3v) is 3.36. The zero-order valence-corrected chi connectivity index (χ0v) is 7.76. The average molecular weight is 162 g/mol. The second-order valence-corrected chi connectivity index (χ2v) is 4.23. The molecule has 12 heavy (non-hydrogen) atoms. The second-order valence-electron chi connectivity index (χ2n) is 4.23. The molecule has 0 amide bonds. The van der Waals surface area contributed by atoms with Gasteiger partial charge in [0.15, 0.2) is 0 Å². The van der Waals surface area contributed by atoms with E-state index < -0.39 is 0 Å². The fraction of sp³-hybridized carbons (Fsp3) is 0.667. The molecule has 0 spiro atoms. The summed E-state index contributed by atoms with van der Waals surface area (Å²) in [4.78, 5) is 0. The van der Waals surface area contributed by atoms with Crippen LogP contribution in [0.5, 0.6) is 0 Å². The first-order valence-electron chi connectivity index (χ1n) is 5.20. The maximum atomic E-state index is 3.76. The summed E-state index contributed by atoms with van der Waals surface area (Å²) < 4.78 is 0. The summed E-state index contributed by atoms with van der Waals surface area (Å²) in [5.74, 6) is 1.99. The average Bonchev–Trinajstić information content (AvgIpc) is 2.47. The Labute approximate surface area is 75.4 Å². The van der Waals surface area contributed by atoms with Crippen molar-refractivity contribution in [2.75, 3.05) is 0 Å². The SMILES string of the molecule is C=CCC1=C[C@H](C2CCCC2)C1. The van der Waals surface area contributed by atoms with Crippen molar-refractivity contribution in [3.05, 3.63) is 24.3 Å². The van der Waals surface area contributed by atoms with Gasteiger partial charge in [0.2, 0.25) is 0 Å². The van der Waals surface area contributed by atoms with E-state index in [4.69, 9.17) is 0 Å². The molecule has 0 radical (unpaired) electrons. The summed E-state index contributed by atoms with van der Waals surface area (Å²) in [5, 5.41) is 0. The summed E-state index contributed by atoms with van der Waals surface area (Å²) in [6.07, 6.45) is 13.0. The normalized spacial score (nSPS) is 29.7. The molecule has 0 heteroatoms. The van der Waals surface area contributed by atoms with Gasteiger partial charge in [-0.2, -0.15) is 0 Å². The first-order valence-corrected chi connectivity index (χ1v) is 5.20. The molecule has 0 saturated heterocycles. The molecule has 0 aliphatic heterocycles. The van der Waals surface area contributed by atoms with Crippen molar-refractivity contribution in [1.29, 1.82) is 0 Å². The Kier molecular flexibility index (Phi) is 2.34. The maximum Gasteiger partial charge on any atom is -0.0141 e. The number of rotatable bonds is 3. The zero-order valence-electron chi connectivity index (χ0n) is 7.76. The van der Waals surface area contributed by atoms with Crippen LogP contribution in [0.15, 0.2) is 24.3 Å². The molecular weight excluding hydrogens is 144 g/mol. The van der Waals surface area contributed by atoms with Crippen molar-refractivity contribution in [2.24, 2.45) is 11.8 Å². The molecule has 0 aromatic heterocycles. The van der Waals surface area contributed by atoms with Gasteiger partial charge in [0, 0.05) is 0 Å². The van der Waals surface area contributed by atoms with Crippen LogP contribution >= 0.6 is 0 Å². The highest BCUT2D eigenvalue weighted by Gasteiger charge is 2.28. The Morgan fingerprint density at radius 2 is 2.08 bits per heavy atom. The van der Waals surface area contributed by atoms with Gasteiger partial charge >= 0.3 is 0 Å². The van der Waals surface area contributed by atoms with E-state index in [1.54, 1.807) is 5.57 Å². The number of allylic oxidation sites excluding steroid dienone is 3. The van der Waals surface area contributed by atoms with Crippen molar-refractivity contribution in [2.45, 2.75) is 38.5 Å². The molecule has 1 atom stereocenters. The van der Waals surface area contributed by atoms with Crippen LogP contribution in [-0.4, -0.2) is 0 Å². The largest absolute Gasteiger partial charge is 0.103 e. The van der Waals surface area contributed by atoms with Crippen molar-refractivity contribution >= 4 is 0 Å². The Balaban J connectivity index is 1.82. The summed E-state index contributed by atoms with van der Waals surface area (Å²) in [5.41, 5.74) is 1.63. The molecule has 66 valence electrons. The van der Waals surface area contributed by atoms with Gasteiger partial charge in [0.1, 0.15) is 0 Å². The van der Waals surface area contributed by atoms with Crippen molar-refractivity contribution in [3.63, 3.8) is 0 Å². The van der Waals surface area contributed by atoms with Gasteiger partial charge < -0.3 is 0 Å². The van der Waals surface area contributed by atoms with E-state index >= 15 is 0 Å². The van der Waals surface area contributed by atoms with Crippen molar-refractivity contribution < 1.29 is 0 Å². The first kappa shape index (κ1) is 8.10. The third kappa shape index (κ3) is 1.48. The van der Waals surface area contributed by atoms with Crippen LogP contribution in [0, 0.1) is 11.8 Å². The first-order chi connectivity index (χ1) is 5.90. The molecular formula is C12H18. The lowest BCUT2D eigenvalue weighted by Crippen LogP contribution is -2.17. The zero-order chi connectivity index (χ0) is 8.39. The van der Waals surface area contributed by atoms with Crippen LogP contribution in [0.2, 0.25) is 0 Å². The highest BCUT2D eigenvalue weighted by Crippen LogP contribution is 2.41. The smallest absolute Gasteiger partial charge is 0.0141 e. The number of hydrogen-bond donors (Lipinski definition) is 0. The van der Waals surface area contributed by atoms with Gasteiger partial charge in [0.05, 0.1) is 0 Å². The predicted octanol–water partition coefficient (Wildman–Crippen LogP) is 3.70. The molecule has 1 fully saturated rings. The Bertz CT molecular complexity index is 194. The van der Waals surface area contributed by atoms with E-state index in [0.717, 1.165) is 18.3 Å². The monoisotopic (exact) mass is 162 g/mol. The van der Waals surface area contributed by atoms with Gasteiger partial charge in [-0.25, -0.2) is 0 Å². The fourth-order valence-electron chi connectivity index (χ4n) is 2.60. The molecule has 0 N–H and O–H groups in total. The highest BCUT2D eigenvalue weighted by molar-refractivity contribution is 5.20. The van der Waals surface area contributed by atoms with Gasteiger partial charge in [-0.3, -0.25) is 0 Å². The predicted molar refractivity (Wildman–Crippen MR) is 53.0 cm³/mol. The molecule has 1 saturated carbocycles. The Morgan fingerprint density at radius 3 is 2.67 bits per heavy atom. The quantitative estimate of drug-likeness (QED) is 0.555. The third-order valence-electron chi connectivity index (χ3n) is 3.36. The second kappa shape index (κ2) is 3.47. The lowest BCUT2D eigenvalue weighted by atomic mass is 9.76. The molecule has 0 nitrogen and oxygen atoms in total. The van der Waals surface area contributed by atoms with Gasteiger partial charge in [0.25, 0.3) is 0 Å². The molecule has 0 heterocycles. The van der Waals surface area contributed by atoms with E-state index in [2.05, 4.69) is 12.7 Å². The topological polar surface area (TPSA) is 0 Å². The molecule has 2 rings (SSSR count). The van der Waals surface area contributed by atoms with E-state index in [9.17, 15) is 0 Å². The van der Waals surface area contributed by atoms with E-state index in [0.29, 0.717) is 0 Å². The molecule has 0 aromatic rings. The number of hydrogen-bond acceptors (Lipinski definition) is 0. The van der Waals surface area contributed by atoms with Crippen molar-refractivity contribution in [3.8, 4) is 0 Å². The minimum absolute atomic E-state index is 0.947. The molecule has 0 unspecified atom stereocenters. The molecule has 2 aliphatic carbocycles. The van der Waals surface area contributed by atoms with Crippen molar-refractivity contribution in [1.82, 2.24) is 0 Å². The summed E-state index contributed by atoms with van der Waals surface area (Å²) >= 11 is 0. The van der Waals surface area contributed by atoms with Crippen LogP contribution in [0.3, 0.4) is 0 Å². The minimum Gasteiger partial charge on any atom is -0.103 e. The fourth-order valence-corrected chi connectivity index (χ4v) is 2.60. The molecule has 2 aliphatic rings. The van der Waals surface area contributed by atoms with Crippen LogP contribution < -0.4 is 0 Å². The van der Waals surface area contributed by atoms with E-state index in [1.807, 2.05) is 6.08 Å². The molecule has 0 bridgehead atoms. The van der Waals surface area contributed by atoms with Gasteiger partial charge in [-0.05, 0) is 37.5 Å². The minimum atomic E-state index is 0.947. The van der Waals surface area contributed by atoms with Crippen LogP contribution in [0.1, 0.15) is 38.5 Å². The Morgan fingerprint density at radius 1 is 1.42 bits per heavy atom. The van der Waals surface area contributed by atoms with Crippen LogP contribution in [0.25, 0.3) is 0 Å². The van der Waals surface area contributed by atoms with E-state index in [-0.39, 0.29) is 0 Å². The summed E-state index contributed by atoms with van der Waals surface area (Å²) in [6.45, 7) is 3.76. The maximum absolute atomic E-state index is 3.76. The standard InChI is InChI=1S/C12H18/c1-2-5-10-8-12(9-10)11-6-3-4-7-11/h2,8,11-12H,1,3-7,9H2/t12-/m0/s1. The highest BCUT2D eigenvalue weighted by atomic mass is 14.3.